The maximum absolute atomic E-state index is 13.4. The van der Waals surface area contributed by atoms with E-state index in [-0.39, 0.29) is 11.8 Å². The molecular formula is C26H35N3O2. The van der Waals surface area contributed by atoms with E-state index in [2.05, 4.69) is 0 Å². The van der Waals surface area contributed by atoms with Gasteiger partial charge in [0.05, 0.1) is 0 Å². The Morgan fingerprint density at radius 3 is 2.06 bits per heavy atom. The number of nitrogens with zero attached hydrogens (tertiary/aromatic N) is 3. The van der Waals surface area contributed by atoms with Crippen molar-refractivity contribution in [3.63, 3.8) is 0 Å². The van der Waals surface area contributed by atoms with Crippen molar-refractivity contribution in [3.8, 4) is 0 Å². The van der Waals surface area contributed by atoms with E-state index in [9.17, 15) is 9.59 Å². The van der Waals surface area contributed by atoms with Crippen LogP contribution < -0.4 is 9.80 Å². The zero-order valence-electron chi connectivity index (χ0n) is 19.1. The van der Waals surface area contributed by atoms with Crippen LogP contribution in [0.1, 0.15) is 61.4 Å². The smallest absolute Gasteiger partial charge is 0.254 e. The molecule has 0 bridgehead atoms. The van der Waals surface area contributed by atoms with Gasteiger partial charge in [0.15, 0.2) is 0 Å². The van der Waals surface area contributed by atoms with Gasteiger partial charge in [-0.3, -0.25) is 9.59 Å². The summed E-state index contributed by atoms with van der Waals surface area (Å²) in [6, 6.07) is 15.8. The van der Waals surface area contributed by atoms with Gasteiger partial charge >= 0.3 is 0 Å². The van der Waals surface area contributed by atoms with Crippen LogP contribution in [0.15, 0.2) is 48.5 Å². The number of anilines is 2. The molecule has 3 rings (SSSR count). The normalized spacial score (nSPS) is 15.8. The quantitative estimate of drug-likeness (QED) is 0.677. The van der Waals surface area contributed by atoms with Crippen LogP contribution in [-0.2, 0) is 11.3 Å². The molecule has 0 radical (unpaired) electrons. The monoisotopic (exact) mass is 421 g/mol. The average Bonchev–Trinajstić information content (AvgIpc) is 2.78. The van der Waals surface area contributed by atoms with E-state index in [1.54, 1.807) is 6.92 Å². The highest BCUT2D eigenvalue weighted by molar-refractivity contribution is 5.95. The molecule has 0 saturated heterocycles. The van der Waals surface area contributed by atoms with E-state index in [0.717, 1.165) is 55.7 Å². The second kappa shape index (κ2) is 11.0. The van der Waals surface area contributed by atoms with Crippen LogP contribution in [0.4, 0.5) is 11.4 Å². The predicted octanol–water partition coefficient (Wildman–Crippen LogP) is 5.10. The summed E-state index contributed by atoms with van der Waals surface area (Å²) >= 11 is 0. The summed E-state index contributed by atoms with van der Waals surface area (Å²) in [6.07, 6.45) is 6.61. The maximum atomic E-state index is 13.4. The first-order valence-corrected chi connectivity index (χ1v) is 11.4. The molecule has 31 heavy (non-hydrogen) atoms. The molecule has 0 atom stereocenters. The largest absolute Gasteiger partial charge is 0.378 e. The summed E-state index contributed by atoms with van der Waals surface area (Å²) in [5.41, 5.74) is 3.73. The van der Waals surface area contributed by atoms with Gasteiger partial charge in [0.25, 0.3) is 5.91 Å². The minimum atomic E-state index is 0.0457. The number of para-hydroxylation sites is 1. The summed E-state index contributed by atoms with van der Waals surface area (Å²) in [5.74, 6) is 0.101. The van der Waals surface area contributed by atoms with Crippen molar-refractivity contribution in [1.82, 2.24) is 4.90 Å². The number of rotatable bonds is 2. The molecule has 1 aliphatic heterocycles. The number of benzene rings is 2. The molecule has 0 aliphatic carbocycles. The summed E-state index contributed by atoms with van der Waals surface area (Å²) in [7, 11) is 3.99. The highest BCUT2D eigenvalue weighted by atomic mass is 16.2. The van der Waals surface area contributed by atoms with Gasteiger partial charge in [0.2, 0.25) is 5.91 Å². The number of hydrogen-bond acceptors (Lipinski definition) is 3. The fourth-order valence-corrected chi connectivity index (χ4v) is 4.18. The van der Waals surface area contributed by atoms with Gasteiger partial charge in [0.1, 0.15) is 0 Å². The van der Waals surface area contributed by atoms with E-state index in [0.29, 0.717) is 12.1 Å². The lowest BCUT2D eigenvalue weighted by atomic mass is 10.1. The molecule has 2 aromatic carbocycles. The Labute approximate surface area is 186 Å². The second-order valence-corrected chi connectivity index (χ2v) is 8.59. The summed E-state index contributed by atoms with van der Waals surface area (Å²) < 4.78 is 0. The highest BCUT2D eigenvalue weighted by Gasteiger charge is 2.21. The minimum absolute atomic E-state index is 0.0457. The van der Waals surface area contributed by atoms with Gasteiger partial charge in [-0.25, -0.2) is 0 Å². The molecule has 0 unspecified atom stereocenters. The van der Waals surface area contributed by atoms with Gasteiger partial charge in [-0.15, -0.1) is 0 Å². The SMILES string of the molecule is CC(=O)N1CCCCCCCCN(C(=O)c2ccc(N(C)C)cc2)Cc2ccccc21. The van der Waals surface area contributed by atoms with E-state index >= 15 is 0 Å². The van der Waals surface area contributed by atoms with Crippen molar-refractivity contribution < 1.29 is 9.59 Å². The van der Waals surface area contributed by atoms with Crippen LogP contribution in [0.2, 0.25) is 0 Å². The molecule has 0 spiro atoms. The molecule has 2 aromatic rings. The molecule has 0 aromatic heterocycles. The lowest BCUT2D eigenvalue weighted by Crippen LogP contribution is -2.34. The maximum Gasteiger partial charge on any atom is 0.254 e. The number of fused-ring (bicyclic) bond motifs is 1. The van der Waals surface area contributed by atoms with Gasteiger partial charge in [-0.1, -0.05) is 43.9 Å². The molecule has 1 heterocycles. The fourth-order valence-electron chi connectivity index (χ4n) is 4.18. The van der Waals surface area contributed by atoms with Gasteiger partial charge < -0.3 is 14.7 Å². The summed E-state index contributed by atoms with van der Waals surface area (Å²) in [6.45, 7) is 3.59. The van der Waals surface area contributed by atoms with Crippen LogP contribution in [0.5, 0.6) is 0 Å². The van der Waals surface area contributed by atoms with E-state index in [4.69, 9.17) is 0 Å². The van der Waals surface area contributed by atoms with Gasteiger partial charge in [-0.2, -0.15) is 0 Å². The number of hydrogen-bond donors (Lipinski definition) is 0. The molecule has 0 saturated carbocycles. The molecule has 0 fully saturated rings. The van der Waals surface area contributed by atoms with E-state index in [1.165, 1.54) is 12.8 Å². The number of carbonyl (C=O) groups is 2. The van der Waals surface area contributed by atoms with Crippen LogP contribution in [0.25, 0.3) is 0 Å². The van der Waals surface area contributed by atoms with Crippen molar-refractivity contribution in [2.75, 3.05) is 37.0 Å². The van der Waals surface area contributed by atoms with E-state index < -0.39 is 0 Å². The Balaban J connectivity index is 1.90. The molecule has 166 valence electrons. The van der Waals surface area contributed by atoms with Crippen LogP contribution in [0.3, 0.4) is 0 Å². The topological polar surface area (TPSA) is 43.9 Å². The predicted molar refractivity (Wildman–Crippen MR) is 128 cm³/mol. The van der Waals surface area contributed by atoms with Gasteiger partial charge in [0, 0.05) is 57.6 Å². The zero-order chi connectivity index (χ0) is 22.2. The third-order valence-corrected chi connectivity index (χ3v) is 6.00. The lowest BCUT2D eigenvalue weighted by Gasteiger charge is -2.28. The molecule has 2 amide bonds. The Morgan fingerprint density at radius 1 is 0.806 bits per heavy atom. The Morgan fingerprint density at radius 2 is 1.42 bits per heavy atom. The first-order chi connectivity index (χ1) is 15.0. The second-order valence-electron chi connectivity index (χ2n) is 8.59. The number of amides is 2. The fraction of sp³-hybridized carbons (Fsp3) is 0.462. The standard InChI is InChI=1S/C26H35N3O2/c1-21(30)29-19-11-7-5-4-6-10-18-28(20-23-12-8-9-13-25(23)29)26(31)22-14-16-24(17-15-22)27(2)3/h8-9,12-17H,4-7,10-11,18-20H2,1-3H3. The third kappa shape index (κ3) is 6.09. The third-order valence-electron chi connectivity index (χ3n) is 6.00. The van der Waals surface area contributed by atoms with Crippen LogP contribution in [-0.4, -0.2) is 43.9 Å². The summed E-state index contributed by atoms with van der Waals surface area (Å²) in [5, 5.41) is 0. The van der Waals surface area contributed by atoms with Crippen LogP contribution >= 0.6 is 0 Å². The molecule has 1 aliphatic rings. The van der Waals surface area contributed by atoms with Crippen molar-refractivity contribution in [3.05, 3.63) is 59.7 Å². The summed E-state index contributed by atoms with van der Waals surface area (Å²) in [4.78, 5) is 31.7. The number of carbonyl (C=O) groups excluding carboxylic acids is 2. The molecular weight excluding hydrogens is 386 g/mol. The first-order valence-electron chi connectivity index (χ1n) is 11.4. The minimum Gasteiger partial charge on any atom is -0.378 e. The molecule has 5 nitrogen and oxygen atoms in total. The van der Waals surface area contributed by atoms with Crippen molar-refractivity contribution in [2.45, 2.75) is 52.0 Å². The first kappa shape index (κ1) is 22.9. The average molecular weight is 422 g/mol. The van der Waals surface area contributed by atoms with Gasteiger partial charge in [-0.05, 0) is 48.7 Å². The lowest BCUT2D eigenvalue weighted by molar-refractivity contribution is -0.116. The highest BCUT2D eigenvalue weighted by Crippen LogP contribution is 2.25. The molecule has 5 heteroatoms. The van der Waals surface area contributed by atoms with Crippen molar-refractivity contribution >= 4 is 23.2 Å². The van der Waals surface area contributed by atoms with E-state index in [1.807, 2.05) is 77.3 Å². The van der Waals surface area contributed by atoms with Crippen molar-refractivity contribution in [2.24, 2.45) is 0 Å². The Hall–Kier alpha value is -2.82. The Bertz CT molecular complexity index is 876. The molecule has 0 N–H and O–H groups in total. The Kier molecular flexibility index (Phi) is 8.10. The van der Waals surface area contributed by atoms with Crippen LogP contribution in [0, 0.1) is 0 Å². The zero-order valence-corrected chi connectivity index (χ0v) is 19.1. The van der Waals surface area contributed by atoms with Crippen molar-refractivity contribution in [1.29, 1.82) is 0 Å².